The van der Waals surface area contributed by atoms with Crippen molar-refractivity contribution in [3.05, 3.63) is 80.3 Å². The summed E-state index contributed by atoms with van der Waals surface area (Å²) in [5, 5.41) is 10.5. The fourth-order valence-electron chi connectivity index (χ4n) is 1.59. The second-order valence-electron chi connectivity index (χ2n) is 4.05. The lowest BCUT2D eigenvalue weighted by Gasteiger charge is -1.96. The third-order valence-corrected chi connectivity index (χ3v) is 3.19. The van der Waals surface area contributed by atoms with Crippen LogP contribution in [0.15, 0.2) is 59.1 Å². The number of allylic oxidation sites excluding steroid dienone is 1. The predicted octanol–water partition coefficient (Wildman–Crippen LogP) is 4.25. The molecule has 2 rings (SSSR count). The zero-order valence-electron chi connectivity index (χ0n) is 10.3. The molecule has 100 valence electrons. The van der Waals surface area contributed by atoms with Gasteiger partial charge in [0.15, 0.2) is 5.78 Å². The molecule has 0 aliphatic carbocycles. The summed E-state index contributed by atoms with van der Waals surface area (Å²) in [6, 6.07) is 13.1. The lowest BCUT2D eigenvalue weighted by atomic mass is 10.1. The Balaban J connectivity index is 2.11. The molecule has 0 saturated heterocycles. The van der Waals surface area contributed by atoms with Gasteiger partial charge in [-0.2, -0.15) is 0 Å². The van der Waals surface area contributed by atoms with Crippen LogP contribution in [0, 0.1) is 10.1 Å². The van der Waals surface area contributed by atoms with Gasteiger partial charge in [0.2, 0.25) is 0 Å². The van der Waals surface area contributed by atoms with E-state index in [1.807, 2.05) is 24.3 Å². The fraction of sp³-hybridized carbons (Fsp3) is 0. The molecule has 2 aromatic carbocycles. The fourth-order valence-corrected chi connectivity index (χ4v) is 1.85. The smallest absolute Gasteiger partial charge is 0.269 e. The Labute approximate surface area is 124 Å². The van der Waals surface area contributed by atoms with Crippen molar-refractivity contribution in [1.29, 1.82) is 0 Å². The number of nitro benzene ring substituents is 1. The lowest BCUT2D eigenvalue weighted by molar-refractivity contribution is -0.384. The van der Waals surface area contributed by atoms with E-state index in [1.54, 1.807) is 6.08 Å². The van der Waals surface area contributed by atoms with Crippen LogP contribution in [0.25, 0.3) is 6.08 Å². The Morgan fingerprint density at radius 2 is 1.65 bits per heavy atom. The number of carbonyl (C=O) groups excluding carboxylic acids is 1. The van der Waals surface area contributed by atoms with Crippen molar-refractivity contribution < 1.29 is 9.72 Å². The van der Waals surface area contributed by atoms with Crippen LogP contribution in [0.1, 0.15) is 15.9 Å². The number of nitrogens with zero attached hydrogens (tertiary/aromatic N) is 1. The molecule has 0 radical (unpaired) electrons. The third-order valence-electron chi connectivity index (χ3n) is 2.66. The SMILES string of the molecule is O=C(C=Cc1ccc(Br)cc1)c1ccc([N+](=O)[O-])cc1. The van der Waals surface area contributed by atoms with Crippen LogP contribution in [0.4, 0.5) is 5.69 Å². The Morgan fingerprint density at radius 3 is 2.20 bits per heavy atom. The van der Waals surface area contributed by atoms with Crippen molar-refractivity contribution in [2.24, 2.45) is 0 Å². The van der Waals surface area contributed by atoms with Crippen LogP contribution >= 0.6 is 15.9 Å². The van der Waals surface area contributed by atoms with E-state index in [1.165, 1.54) is 30.3 Å². The van der Waals surface area contributed by atoms with Crippen molar-refractivity contribution in [2.45, 2.75) is 0 Å². The molecule has 0 heterocycles. The molecule has 0 bridgehead atoms. The highest BCUT2D eigenvalue weighted by molar-refractivity contribution is 9.10. The van der Waals surface area contributed by atoms with Gasteiger partial charge in [-0.25, -0.2) is 0 Å². The average molecular weight is 332 g/mol. The van der Waals surface area contributed by atoms with Crippen LogP contribution in [0.3, 0.4) is 0 Å². The summed E-state index contributed by atoms with van der Waals surface area (Å²) >= 11 is 3.33. The number of hydrogen-bond acceptors (Lipinski definition) is 3. The molecule has 0 N–H and O–H groups in total. The number of rotatable bonds is 4. The van der Waals surface area contributed by atoms with Gasteiger partial charge in [0.1, 0.15) is 0 Å². The van der Waals surface area contributed by atoms with Gasteiger partial charge in [-0.1, -0.05) is 34.1 Å². The standard InChI is InChI=1S/C15H10BrNO3/c16-13-6-1-11(2-7-13)3-10-15(18)12-4-8-14(9-5-12)17(19)20/h1-10H. The minimum absolute atomic E-state index is 0.0292. The van der Waals surface area contributed by atoms with E-state index in [4.69, 9.17) is 0 Å². The summed E-state index contributed by atoms with van der Waals surface area (Å²) in [6.07, 6.45) is 3.15. The first-order valence-corrected chi connectivity index (χ1v) is 6.58. The topological polar surface area (TPSA) is 60.2 Å². The zero-order valence-corrected chi connectivity index (χ0v) is 11.9. The maximum Gasteiger partial charge on any atom is 0.269 e. The Hall–Kier alpha value is -2.27. The van der Waals surface area contributed by atoms with Crippen LogP contribution in [-0.4, -0.2) is 10.7 Å². The summed E-state index contributed by atoms with van der Waals surface area (Å²) in [6.45, 7) is 0. The molecule has 0 aromatic heterocycles. The first kappa shape index (κ1) is 14.1. The highest BCUT2D eigenvalue weighted by Crippen LogP contribution is 2.14. The van der Waals surface area contributed by atoms with Crippen molar-refractivity contribution in [2.75, 3.05) is 0 Å². The van der Waals surface area contributed by atoms with Crippen molar-refractivity contribution in [3.63, 3.8) is 0 Å². The van der Waals surface area contributed by atoms with Crippen LogP contribution in [0.2, 0.25) is 0 Å². The van der Waals surface area contributed by atoms with Crippen molar-refractivity contribution >= 4 is 33.5 Å². The lowest BCUT2D eigenvalue weighted by Crippen LogP contribution is -1.95. The average Bonchev–Trinajstić information content (AvgIpc) is 2.46. The second kappa shape index (κ2) is 6.25. The molecule has 0 spiro atoms. The van der Waals surface area contributed by atoms with Crippen LogP contribution in [0.5, 0.6) is 0 Å². The number of halogens is 1. The van der Waals surface area contributed by atoms with E-state index in [0.717, 1.165) is 10.0 Å². The highest BCUT2D eigenvalue weighted by Gasteiger charge is 2.07. The molecule has 5 heteroatoms. The number of ketones is 1. The summed E-state index contributed by atoms with van der Waals surface area (Å²) in [5.74, 6) is -0.192. The molecular weight excluding hydrogens is 322 g/mol. The van der Waals surface area contributed by atoms with Gasteiger partial charge in [0.05, 0.1) is 4.92 Å². The van der Waals surface area contributed by atoms with Gasteiger partial charge in [0.25, 0.3) is 5.69 Å². The van der Waals surface area contributed by atoms with Crippen molar-refractivity contribution in [3.8, 4) is 0 Å². The third kappa shape index (κ3) is 3.61. The first-order valence-electron chi connectivity index (χ1n) is 5.79. The number of hydrogen-bond donors (Lipinski definition) is 0. The zero-order chi connectivity index (χ0) is 14.5. The van der Waals surface area contributed by atoms with Gasteiger partial charge in [-0.05, 0) is 35.9 Å². The number of non-ortho nitro benzene ring substituents is 1. The van der Waals surface area contributed by atoms with E-state index in [9.17, 15) is 14.9 Å². The molecule has 20 heavy (non-hydrogen) atoms. The molecule has 0 atom stereocenters. The Morgan fingerprint density at radius 1 is 1.05 bits per heavy atom. The number of nitro groups is 1. The molecule has 0 aliphatic heterocycles. The minimum atomic E-state index is -0.494. The van der Waals surface area contributed by atoms with Gasteiger partial charge in [-0.3, -0.25) is 14.9 Å². The van der Waals surface area contributed by atoms with Crippen LogP contribution in [-0.2, 0) is 0 Å². The Bertz CT molecular complexity index is 661. The molecule has 0 fully saturated rings. The number of carbonyl (C=O) groups is 1. The van der Waals surface area contributed by atoms with E-state index < -0.39 is 4.92 Å². The maximum absolute atomic E-state index is 11.9. The van der Waals surface area contributed by atoms with Gasteiger partial charge in [0, 0.05) is 22.2 Å². The van der Waals surface area contributed by atoms with E-state index in [-0.39, 0.29) is 11.5 Å². The van der Waals surface area contributed by atoms with Gasteiger partial charge >= 0.3 is 0 Å². The van der Waals surface area contributed by atoms with E-state index in [2.05, 4.69) is 15.9 Å². The maximum atomic E-state index is 11.9. The quantitative estimate of drug-likeness (QED) is 0.364. The summed E-state index contributed by atoms with van der Waals surface area (Å²) in [4.78, 5) is 21.9. The second-order valence-corrected chi connectivity index (χ2v) is 4.97. The predicted molar refractivity (Wildman–Crippen MR) is 80.6 cm³/mol. The number of benzene rings is 2. The van der Waals surface area contributed by atoms with E-state index >= 15 is 0 Å². The minimum Gasteiger partial charge on any atom is -0.289 e. The van der Waals surface area contributed by atoms with E-state index in [0.29, 0.717) is 5.56 Å². The molecule has 2 aromatic rings. The molecule has 0 aliphatic rings. The Kier molecular flexibility index (Phi) is 4.42. The molecular formula is C15H10BrNO3. The van der Waals surface area contributed by atoms with Gasteiger partial charge < -0.3 is 0 Å². The first-order chi connectivity index (χ1) is 9.56. The van der Waals surface area contributed by atoms with Crippen LogP contribution < -0.4 is 0 Å². The molecule has 0 amide bonds. The summed E-state index contributed by atoms with van der Waals surface area (Å²) in [5.41, 5.74) is 1.30. The normalized spacial score (nSPS) is 10.7. The molecule has 4 nitrogen and oxygen atoms in total. The molecule has 0 saturated carbocycles. The largest absolute Gasteiger partial charge is 0.289 e. The molecule has 0 unspecified atom stereocenters. The highest BCUT2D eigenvalue weighted by atomic mass is 79.9. The monoisotopic (exact) mass is 331 g/mol. The van der Waals surface area contributed by atoms with Crippen molar-refractivity contribution in [1.82, 2.24) is 0 Å². The van der Waals surface area contributed by atoms with Gasteiger partial charge in [-0.15, -0.1) is 0 Å². The summed E-state index contributed by atoms with van der Waals surface area (Å²) < 4.78 is 0.969. The summed E-state index contributed by atoms with van der Waals surface area (Å²) in [7, 11) is 0.